The quantitative estimate of drug-likeness (QED) is 0.858. The molecule has 0 fully saturated rings. The molecule has 23 heavy (non-hydrogen) atoms. The van der Waals surface area contributed by atoms with Gasteiger partial charge in [0.05, 0.1) is 6.61 Å². The molecule has 0 radical (unpaired) electrons. The fourth-order valence-electron chi connectivity index (χ4n) is 2.01. The van der Waals surface area contributed by atoms with Crippen molar-refractivity contribution < 1.29 is 14.3 Å². The SMILES string of the molecule is CCOc1ncccc1CNC(=O)c1ccc(NC(C)=O)cc1. The highest BCUT2D eigenvalue weighted by atomic mass is 16.5. The normalized spacial score (nSPS) is 10.0. The number of pyridine rings is 1. The van der Waals surface area contributed by atoms with Crippen LogP contribution in [0.5, 0.6) is 5.88 Å². The first-order chi connectivity index (χ1) is 11.1. The number of hydrogen-bond acceptors (Lipinski definition) is 4. The van der Waals surface area contributed by atoms with E-state index in [1.165, 1.54) is 6.92 Å². The van der Waals surface area contributed by atoms with Crippen molar-refractivity contribution in [3.63, 3.8) is 0 Å². The molecular weight excluding hydrogens is 294 g/mol. The van der Waals surface area contributed by atoms with Gasteiger partial charge in [-0.3, -0.25) is 9.59 Å². The molecule has 0 saturated carbocycles. The summed E-state index contributed by atoms with van der Waals surface area (Å²) in [6.07, 6.45) is 1.65. The van der Waals surface area contributed by atoms with Crippen LogP contribution in [-0.2, 0) is 11.3 Å². The van der Waals surface area contributed by atoms with Crippen molar-refractivity contribution >= 4 is 17.5 Å². The van der Waals surface area contributed by atoms with E-state index in [0.29, 0.717) is 30.3 Å². The van der Waals surface area contributed by atoms with E-state index in [1.54, 1.807) is 36.5 Å². The molecule has 0 saturated heterocycles. The third-order valence-corrected chi connectivity index (χ3v) is 3.04. The maximum atomic E-state index is 12.2. The molecule has 0 atom stereocenters. The number of nitrogens with one attached hydrogen (secondary N) is 2. The van der Waals surface area contributed by atoms with E-state index in [2.05, 4.69) is 15.6 Å². The zero-order valence-corrected chi connectivity index (χ0v) is 13.1. The summed E-state index contributed by atoms with van der Waals surface area (Å²) in [5.41, 5.74) is 1.98. The summed E-state index contributed by atoms with van der Waals surface area (Å²) in [5, 5.41) is 5.48. The van der Waals surface area contributed by atoms with E-state index < -0.39 is 0 Å². The van der Waals surface area contributed by atoms with Crippen LogP contribution < -0.4 is 15.4 Å². The van der Waals surface area contributed by atoms with Crippen molar-refractivity contribution in [2.75, 3.05) is 11.9 Å². The second-order valence-corrected chi connectivity index (χ2v) is 4.84. The summed E-state index contributed by atoms with van der Waals surface area (Å²) >= 11 is 0. The molecule has 0 spiro atoms. The molecule has 6 heteroatoms. The number of ether oxygens (including phenoxy) is 1. The van der Waals surface area contributed by atoms with E-state index in [1.807, 2.05) is 13.0 Å². The summed E-state index contributed by atoms with van der Waals surface area (Å²) in [7, 11) is 0. The van der Waals surface area contributed by atoms with Gasteiger partial charge in [0.2, 0.25) is 11.8 Å². The first kappa shape index (κ1) is 16.5. The van der Waals surface area contributed by atoms with Gasteiger partial charge in [0.1, 0.15) is 0 Å². The number of amides is 2. The van der Waals surface area contributed by atoms with Gasteiger partial charge in [-0.2, -0.15) is 0 Å². The Labute approximate surface area is 134 Å². The number of carbonyl (C=O) groups is 2. The van der Waals surface area contributed by atoms with Crippen molar-refractivity contribution in [3.8, 4) is 5.88 Å². The Bertz CT molecular complexity index is 684. The van der Waals surface area contributed by atoms with E-state index >= 15 is 0 Å². The fourth-order valence-corrected chi connectivity index (χ4v) is 2.01. The zero-order valence-electron chi connectivity index (χ0n) is 13.1. The number of benzene rings is 1. The molecule has 0 aliphatic heterocycles. The van der Waals surface area contributed by atoms with Crippen LogP contribution in [0.25, 0.3) is 0 Å². The van der Waals surface area contributed by atoms with Gasteiger partial charge >= 0.3 is 0 Å². The lowest BCUT2D eigenvalue weighted by Gasteiger charge is -2.10. The number of rotatable bonds is 6. The lowest BCUT2D eigenvalue weighted by molar-refractivity contribution is -0.114. The van der Waals surface area contributed by atoms with Crippen molar-refractivity contribution in [1.82, 2.24) is 10.3 Å². The standard InChI is InChI=1S/C17H19N3O3/c1-3-23-17-14(5-4-10-18-17)11-19-16(22)13-6-8-15(9-7-13)20-12(2)21/h4-10H,3,11H2,1-2H3,(H,19,22)(H,20,21). The number of hydrogen-bond donors (Lipinski definition) is 2. The predicted octanol–water partition coefficient (Wildman–Crippen LogP) is 2.37. The lowest BCUT2D eigenvalue weighted by Crippen LogP contribution is -2.23. The number of nitrogens with zero attached hydrogens (tertiary/aromatic N) is 1. The largest absolute Gasteiger partial charge is 0.478 e. The second-order valence-electron chi connectivity index (χ2n) is 4.84. The van der Waals surface area contributed by atoms with Gasteiger partial charge in [0.25, 0.3) is 5.91 Å². The molecule has 1 aromatic carbocycles. The lowest BCUT2D eigenvalue weighted by atomic mass is 10.2. The van der Waals surface area contributed by atoms with E-state index in [9.17, 15) is 9.59 Å². The Balaban J connectivity index is 1.98. The molecule has 0 unspecified atom stereocenters. The van der Waals surface area contributed by atoms with Crippen LogP contribution >= 0.6 is 0 Å². The van der Waals surface area contributed by atoms with Gasteiger partial charge in [0, 0.05) is 36.5 Å². The molecule has 1 heterocycles. The summed E-state index contributed by atoms with van der Waals surface area (Å²) in [6.45, 7) is 4.16. The number of aromatic nitrogens is 1. The van der Waals surface area contributed by atoms with E-state index in [4.69, 9.17) is 4.74 Å². The maximum Gasteiger partial charge on any atom is 0.251 e. The Morgan fingerprint density at radius 3 is 2.57 bits per heavy atom. The van der Waals surface area contributed by atoms with Crippen LogP contribution in [0.2, 0.25) is 0 Å². The van der Waals surface area contributed by atoms with E-state index in [0.717, 1.165) is 5.56 Å². The summed E-state index contributed by atoms with van der Waals surface area (Å²) in [4.78, 5) is 27.3. The highest BCUT2D eigenvalue weighted by Crippen LogP contribution is 2.14. The molecule has 6 nitrogen and oxygen atoms in total. The molecule has 2 amide bonds. The fraction of sp³-hybridized carbons (Fsp3) is 0.235. The highest BCUT2D eigenvalue weighted by Gasteiger charge is 2.08. The zero-order chi connectivity index (χ0) is 16.7. The molecule has 2 N–H and O–H groups in total. The van der Waals surface area contributed by atoms with Gasteiger partial charge in [-0.25, -0.2) is 4.98 Å². The third kappa shape index (κ3) is 4.81. The molecule has 2 aromatic rings. The van der Waals surface area contributed by atoms with Crippen LogP contribution in [-0.4, -0.2) is 23.4 Å². The van der Waals surface area contributed by atoms with E-state index in [-0.39, 0.29) is 11.8 Å². The molecule has 0 aliphatic rings. The number of carbonyl (C=O) groups excluding carboxylic acids is 2. The smallest absolute Gasteiger partial charge is 0.251 e. The summed E-state index contributed by atoms with van der Waals surface area (Å²) in [6, 6.07) is 10.4. The van der Waals surface area contributed by atoms with Crippen molar-refractivity contribution in [2.45, 2.75) is 20.4 Å². The topological polar surface area (TPSA) is 80.3 Å². The van der Waals surface area contributed by atoms with Gasteiger partial charge in [-0.05, 0) is 37.3 Å². The Kier molecular flexibility index (Phi) is 5.68. The minimum absolute atomic E-state index is 0.151. The Morgan fingerprint density at radius 1 is 1.17 bits per heavy atom. The van der Waals surface area contributed by atoms with Crippen molar-refractivity contribution in [1.29, 1.82) is 0 Å². The molecule has 2 rings (SSSR count). The molecule has 1 aromatic heterocycles. The average Bonchev–Trinajstić information content (AvgIpc) is 2.54. The first-order valence-corrected chi connectivity index (χ1v) is 7.32. The molecule has 0 bridgehead atoms. The maximum absolute atomic E-state index is 12.2. The third-order valence-electron chi connectivity index (χ3n) is 3.04. The highest BCUT2D eigenvalue weighted by molar-refractivity contribution is 5.95. The Hall–Kier alpha value is -2.89. The van der Waals surface area contributed by atoms with Crippen LogP contribution in [0, 0.1) is 0 Å². The minimum atomic E-state index is -0.203. The number of anilines is 1. The second kappa shape index (κ2) is 7.93. The van der Waals surface area contributed by atoms with Crippen molar-refractivity contribution in [3.05, 3.63) is 53.7 Å². The minimum Gasteiger partial charge on any atom is -0.478 e. The average molecular weight is 313 g/mol. The van der Waals surface area contributed by atoms with Gasteiger partial charge in [0.15, 0.2) is 0 Å². The molecule has 0 aliphatic carbocycles. The van der Waals surface area contributed by atoms with Crippen LogP contribution in [0.3, 0.4) is 0 Å². The summed E-state index contributed by atoms with van der Waals surface area (Å²) in [5.74, 6) is 0.171. The predicted molar refractivity (Wildman–Crippen MR) is 87.3 cm³/mol. The van der Waals surface area contributed by atoms with Gasteiger partial charge in [-0.1, -0.05) is 6.07 Å². The van der Waals surface area contributed by atoms with Crippen LogP contribution in [0.15, 0.2) is 42.6 Å². The molecular formula is C17H19N3O3. The van der Waals surface area contributed by atoms with Gasteiger partial charge < -0.3 is 15.4 Å². The first-order valence-electron chi connectivity index (χ1n) is 7.32. The molecule has 120 valence electrons. The monoisotopic (exact) mass is 313 g/mol. The Morgan fingerprint density at radius 2 is 1.91 bits per heavy atom. The van der Waals surface area contributed by atoms with Gasteiger partial charge in [-0.15, -0.1) is 0 Å². The van der Waals surface area contributed by atoms with Crippen LogP contribution in [0.4, 0.5) is 5.69 Å². The van der Waals surface area contributed by atoms with Crippen LogP contribution in [0.1, 0.15) is 29.8 Å². The summed E-state index contributed by atoms with van der Waals surface area (Å²) < 4.78 is 5.43. The van der Waals surface area contributed by atoms with Crippen molar-refractivity contribution in [2.24, 2.45) is 0 Å².